The third-order valence-corrected chi connectivity index (χ3v) is 2.54. The van der Waals surface area contributed by atoms with E-state index in [4.69, 9.17) is 5.73 Å². The molecule has 0 heterocycles. The van der Waals surface area contributed by atoms with Gasteiger partial charge in [-0.2, -0.15) is 0 Å². The summed E-state index contributed by atoms with van der Waals surface area (Å²) in [6.07, 6.45) is 1.91. The number of nitrogens with two attached hydrogens (primary N) is 1. The van der Waals surface area contributed by atoms with Crippen molar-refractivity contribution >= 4 is 5.57 Å². The Balaban J connectivity index is 2.47. The van der Waals surface area contributed by atoms with Crippen molar-refractivity contribution in [3.63, 3.8) is 0 Å². The molecule has 0 fully saturated rings. The van der Waals surface area contributed by atoms with Crippen molar-refractivity contribution in [3.8, 4) is 0 Å². The van der Waals surface area contributed by atoms with Gasteiger partial charge < -0.3 is 5.73 Å². The molecule has 0 bridgehead atoms. The van der Waals surface area contributed by atoms with Crippen LogP contribution in [0.25, 0.3) is 5.57 Å². The number of halogens is 1. The van der Waals surface area contributed by atoms with Crippen LogP contribution >= 0.6 is 0 Å². The quantitative estimate of drug-likeness (QED) is 0.856. The lowest BCUT2D eigenvalue weighted by Crippen LogP contribution is -1.97. The second-order valence-corrected chi connectivity index (χ2v) is 3.73. The first kappa shape index (κ1) is 11.6. The highest BCUT2D eigenvalue weighted by Crippen LogP contribution is 2.23. The van der Waals surface area contributed by atoms with Crippen molar-refractivity contribution in [1.29, 1.82) is 0 Å². The molecule has 2 rings (SSSR count). The molecule has 0 saturated carbocycles. The Labute approximate surface area is 100 Å². The van der Waals surface area contributed by atoms with Gasteiger partial charge in [0.1, 0.15) is 5.82 Å². The molecule has 0 aliphatic carbocycles. The highest BCUT2D eigenvalue weighted by Gasteiger charge is 2.04. The van der Waals surface area contributed by atoms with Crippen LogP contribution in [0.15, 0.2) is 60.7 Å². The van der Waals surface area contributed by atoms with Crippen LogP contribution in [-0.2, 0) is 0 Å². The van der Waals surface area contributed by atoms with Crippen molar-refractivity contribution in [2.45, 2.75) is 0 Å². The molecule has 0 amide bonds. The predicted molar refractivity (Wildman–Crippen MR) is 69.0 cm³/mol. The van der Waals surface area contributed by atoms with E-state index in [-0.39, 0.29) is 5.82 Å². The molecule has 2 heteroatoms. The monoisotopic (exact) mass is 227 g/mol. The fourth-order valence-corrected chi connectivity index (χ4v) is 1.79. The highest BCUT2D eigenvalue weighted by atomic mass is 19.1. The maximum Gasteiger partial charge on any atom is 0.123 e. The molecule has 0 atom stereocenters. The van der Waals surface area contributed by atoms with Crippen LogP contribution in [0, 0.1) is 5.82 Å². The van der Waals surface area contributed by atoms with Crippen LogP contribution in [0.1, 0.15) is 11.1 Å². The van der Waals surface area contributed by atoms with Crippen LogP contribution in [0.3, 0.4) is 0 Å². The summed E-state index contributed by atoms with van der Waals surface area (Å²) in [7, 11) is 0. The molecule has 2 aromatic rings. The summed E-state index contributed by atoms with van der Waals surface area (Å²) in [5.41, 5.74) is 8.43. The second kappa shape index (κ2) is 5.41. The first-order valence-electron chi connectivity index (χ1n) is 5.53. The van der Waals surface area contributed by atoms with Gasteiger partial charge in [0.05, 0.1) is 0 Å². The first-order valence-corrected chi connectivity index (χ1v) is 5.53. The first-order chi connectivity index (χ1) is 8.31. The van der Waals surface area contributed by atoms with E-state index in [2.05, 4.69) is 0 Å². The second-order valence-electron chi connectivity index (χ2n) is 3.73. The van der Waals surface area contributed by atoms with Gasteiger partial charge in [0.15, 0.2) is 0 Å². The maximum absolute atomic E-state index is 13.2. The highest BCUT2D eigenvalue weighted by molar-refractivity contribution is 5.79. The Hall–Kier alpha value is -1.93. The van der Waals surface area contributed by atoms with Gasteiger partial charge in [-0.1, -0.05) is 48.5 Å². The van der Waals surface area contributed by atoms with Gasteiger partial charge in [-0.3, -0.25) is 0 Å². The zero-order valence-electron chi connectivity index (χ0n) is 9.44. The minimum Gasteiger partial charge on any atom is -0.327 e. The van der Waals surface area contributed by atoms with Crippen molar-refractivity contribution < 1.29 is 4.39 Å². The summed E-state index contributed by atoms with van der Waals surface area (Å²) in [6.45, 7) is 0.431. The Morgan fingerprint density at radius 1 is 1.00 bits per heavy atom. The Bertz CT molecular complexity index is 517. The van der Waals surface area contributed by atoms with Gasteiger partial charge in [-0.05, 0) is 28.8 Å². The summed E-state index contributed by atoms with van der Waals surface area (Å²) in [5.74, 6) is -0.235. The van der Waals surface area contributed by atoms with E-state index in [9.17, 15) is 4.39 Å². The van der Waals surface area contributed by atoms with Crippen LogP contribution in [-0.4, -0.2) is 6.54 Å². The van der Waals surface area contributed by atoms with Gasteiger partial charge >= 0.3 is 0 Å². The molecule has 0 aliphatic heterocycles. The summed E-state index contributed by atoms with van der Waals surface area (Å²) in [6, 6.07) is 16.4. The van der Waals surface area contributed by atoms with Gasteiger partial charge in [0.2, 0.25) is 0 Å². The van der Waals surface area contributed by atoms with Crippen molar-refractivity contribution in [2.75, 3.05) is 6.54 Å². The van der Waals surface area contributed by atoms with E-state index >= 15 is 0 Å². The molecule has 0 spiro atoms. The lowest BCUT2D eigenvalue weighted by atomic mass is 9.97. The topological polar surface area (TPSA) is 26.0 Å². The number of hydrogen-bond acceptors (Lipinski definition) is 1. The zero-order chi connectivity index (χ0) is 12.1. The number of rotatable bonds is 3. The molecule has 17 heavy (non-hydrogen) atoms. The largest absolute Gasteiger partial charge is 0.327 e. The van der Waals surface area contributed by atoms with Gasteiger partial charge in [0, 0.05) is 6.54 Å². The fourth-order valence-electron chi connectivity index (χ4n) is 1.79. The maximum atomic E-state index is 13.2. The third-order valence-electron chi connectivity index (χ3n) is 2.54. The van der Waals surface area contributed by atoms with Crippen LogP contribution < -0.4 is 5.73 Å². The van der Waals surface area contributed by atoms with E-state index in [0.29, 0.717) is 6.54 Å². The fraction of sp³-hybridized carbons (Fsp3) is 0.0667. The van der Waals surface area contributed by atoms with E-state index in [1.807, 2.05) is 42.5 Å². The minimum absolute atomic E-state index is 0.235. The summed E-state index contributed by atoms with van der Waals surface area (Å²) in [5, 5.41) is 0. The predicted octanol–water partition coefficient (Wildman–Crippen LogP) is 3.22. The summed E-state index contributed by atoms with van der Waals surface area (Å²) in [4.78, 5) is 0. The smallest absolute Gasteiger partial charge is 0.123 e. The molecule has 0 radical (unpaired) electrons. The molecule has 0 aromatic heterocycles. The molecule has 86 valence electrons. The molecular formula is C15H14FN. The van der Waals surface area contributed by atoms with Crippen molar-refractivity contribution in [3.05, 3.63) is 77.6 Å². The van der Waals surface area contributed by atoms with E-state index < -0.39 is 0 Å². The molecule has 2 aromatic carbocycles. The van der Waals surface area contributed by atoms with Crippen molar-refractivity contribution in [1.82, 2.24) is 0 Å². The minimum atomic E-state index is -0.235. The van der Waals surface area contributed by atoms with Crippen molar-refractivity contribution in [2.24, 2.45) is 5.73 Å². The van der Waals surface area contributed by atoms with Gasteiger partial charge in [0.25, 0.3) is 0 Å². The molecule has 0 unspecified atom stereocenters. The Kier molecular flexibility index (Phi) is 3.68. The summed E-state index contributed by atoms with van der Waals surface area (Å²) >= 11 is 0. The lowest BCUT2D eigenvalue weighted by Gasteiger charge is -2.08. The van der Waals surface area contributed by atoms with E-state index in [0.717, 1.165) is 16.7 Å². The molecular weight excluding hydrogens is 213 g/mol. The van der Waals surface area contributed by atoms with Crippen LogP contribution in [0.2, 0.25) is 0 Å². The number of hydrogen-bond donors (Lipinski definition) is 1. The third kappa shape index (κ3) is 2.80. The SMILES string of the molecule is NC/C=C(/c1ccccc1)c1cccc(F)c1. The molecule has 0 aliphatic rings. The van der Waals surface area contributed by atoms with Crippen LogP contribution in [0.4, 0.5) is 4.39 Å². The summed E-state index contributed by atoms with van der Waals surface area (Å²) < 4.78 is 13.2. The lowest BCUT2D eigenvalue weighted by molar-refractivity contribution is 0.627. The Morgan fingerprint density at radius 2 is 1.71 bits per heavy atom. The van der Waals surface area contributed by atoms with E-state index in [1.165, 1.54) is 12.1 Å². The van der Waals surface area contributed by atoms with Gasteiger partial charge in [-0.15, -0.1) is 0 Å². The van der Waals surface area contributed by atoms with Crippen LogP contribution in [0.5, 0.6) is 0 Å². The average molecular weight is 227 g/mol. The molecule has 0 saturated heterocycles. The average Bonchev–Trinajstić information content (AvgIpc) is 2.37. The number of benzene rings is 2. The zero-order valence-corrected chi connectivity index (χ0v) is 9.44. The van der Waals surface area contributed by atoms with Gasteiger partial charge in [-0.25, -0.2) is 4.39 Å². The van der Waals surface area contributed by atoms with E-state index in [1.54, 1.807) is 6.07 Å². The standard InChI is InChI=1S/C15H14FN/c16-14-8-4-7-13(11-14)15(9-10-17)12-5-2-1-3-6-12/h1-9,11H,10,17H2/b15-9-. The Morgan fingerprint density at radius 3 is 2.35 bits per heavy atom. The normalized spacial score (nSPS) is 11.5. The molecule has 2 N–H and O–H groups in total. The molecule has 1 nitrogen and oxygen atoms in total.